The fourth-order valence-corrected chi connectivity index (χ4v) is 6.64. The Hall–Kier alpha value is -2.00. The number of nitrogens with zero attached hydrogens (tertiary/aromatic N) is 3. The number of hydrogen-bond acceptors (Lipinski definition) is 7. The molecule has 0 atom stereocenters. The molecule has 0 bridgehead atoms. The molecule has 0 radical (unpaired) electrons. The van der Waals surface area contributed by atoms with Gasteiger partial charge in [-0.2, -0.15) is 0 Å². The largest absolute Gasteiger partial charge is 0.290 e. The molecule has 0 unspecified atom stereocenters. The van der Waals surface area contributed by atoms with Crippen molar-refractivity contribution in [1.82, 2.24) is 14.5 Å². The van der Waals surface area contributed by atoms with E-state index in [1.807, 2.05) is 41.1 Å². The summed E-state index contributed by atoms with van der Waals surface area (Å²) in [6.07, 6.45) is 0. The SMILES string of the molecule is Cn1c(SCc2nc3ccccc3s2)nc2scc(-c3cccs3)c2c1=O. The summed E-state index contributed by atoms with van der Waals surface area (Å²) in [5.74, 6) is 0.703. The highest BCUT2D eigenvalue weighted by atomic mass is 32.2. The molecule has 1 aromatic carbocycles. The third kappa shape index (κ3) is 3.02. The zero-order chi connectivity index (χ0) is 18.4. The summed E-state index contributed by atoms with van der Waals surface area (Å²) in [5.41, 5.74) is 2.02. The third-order valence-corrected chi connectivity index (χ3v) is 8.26. The maximum absolute atomic E-state index is 13.0. The van der Waals surface area contributed by atoms with Crippen LogP contribution < -0.4 is 5.56 Å². The Morgan fingerprint density at radius 3 is 2.81 bits per heavy atom. The summed E-state index contributed by atoms with van der Waals surface area (Å²) >= 11 is 6.42. The van der Waals surface area contributed by atoms with Gasteiger partial charge in [0, 0.05) is 22.9 Å². The number of para-hydroxylation sites is 1. The molecule has 0 amide bonds. The molecule has 134 valence electrons. The zero-order valence-electron chi connectivity index (χ0n) is 14.2. The molecule has 5 rings (SSSR count). The van der Waals surface area contributed by atoms with Crippen LogP contribution in [-0.4, -0.2) is 14.5 Å². The highest BCUT2D eigenvalue weighted by Gasteiger charge is 2.16. The molecule has 27 heavy (non-hydrogen) atoms. The van der Waals surface area contributed by atoms with E-state index >= 15 is 0 Å². The minimum atomic E-state index is 0.0106. The number of aromatic nitrogens is 3. The summed E-state index contributed by atoms with van der Waals surface area (Å²) in [6, 6.07) is 12.2. The van der Waals surface area contributed by atoms with Gasteiger partial charge in [0.15, 0.2) is 5.16 Å². The summed E-state index contributed by atoms with van der Waals surface area (Å²) in [6.45, 7) is 0. The first kappa shape index (κ1) is 17.1. The molecular formula is C19H13N3OS4. The van der Waals surface area contributed by atoms with Crippen molar-refractivity contribution in [2.75, 3.05) is 0 Å². The van der Waals surface area contributed by atoms with Gasteiger partial charge in [-0.05, 0) is 23.6 Å². The number of thioether (sulfide) groups is 1. The minimum absolute atomic E-state index is 0.0106. The van der Waals surface area contributed by atoms with E-state index in [1.165, 1.54) is 16.0 Å². The molecule has 4 aromatic heterocycles. The predicted molar refractivity (Wildman–Crippen MR) is 117 cm³/mol. The van der Waals surface area contributed by atoms with Gasteiger partial charge in [0.05, 0.1) is 21.4 Å². The Bertz CT molecular complexity index is 1280. The van der Waals surface area contributed by atoms with Gasteiger partial charge in [-0.25, -0.2) is 9.97 Å². The van der Waals surface area contributed by atoms with Crippen LogP contribution >= 0.6 is 45.8 Å². The van der Waals surface area contributed by atoms with E-state index in [-0.39, 0.29) is 5.56 Å². The van der Waals surface area contributed by atoms with E-state index in [1.54, 1.807) is 46.1 Å². The van der Waals surface area contributed by atoms with E-state index in [0.717, 1.165) is 31.0 Å². The van der Waals surface area contributed by atoms with Gasteiger partial charge in [0.1, 0.15) is 9.84 Å². The number of fused-ring (bicyclic) bond motifs is 2. The predicted octanol–water partition coefficient (Wildman–Crippen LogP) is 5.63. The van der Waals surface area contributed by atoms with Crippen LogP contribution in [0, 0.1) is 0 Å². The van der Waals surface area contributed by atoms with Crippen LogP contribution in [0.15, 0.2) is 57.1 Å². The Morgan fingerprint density at radius 2 is 2.00 bits per heavy atom. The van der Waals surface area contributed by atoms with Gasteiger partial charge in [0.2, 0.25) is 0 Å². The Balaban J connectivity index is 1.50. The van der Waals surface area contributed by atoms with E-state index in [9.17, 15) is 4.79 Å². The highest BCUT2D eigenvalue weighted by Crippen LogP contribution is 2.35. The fraction of sp³-hybridized carbons (Fsp3) is 0.105. The topological polar surface area (TPSA) is 47.8 Å². The van der Waals surface area contributed by atoms with Crippen LogP contribution in [0.1, 0.15) is 5.01 Å². The van der Waals surface area contributed by atoms with Crippen LogP contribution in [0.4, 0.5) is 0 Å². The molecule has 0 saturated carbocycles. The molecule has 0 aliphatic rings. The van der Waals surface area contributed by atoms with E-state index in [4.69, 9.17) is 4.98 Å². The molecule has 0 saturated heterocycles. The summed E-state index contributed by atoms with van der Waals surface area (Å²) in [7, 11) is 1.80. The first-order valence-corrected chi connectivity index (χ1v) is 11.8. The van der Waals surface area contributed by atoms with Gasteiger partial charge in [-0.3, -0.25) is 9.36 Å². The average Bonchev–Trinajstić information content (AvgIpc) is 3.41. The van der Waals surface area contributed by atoms with E-state index in [2.05, 4.69) is 11.1 Å². The quantitative estimate of drug-likeness (QED) is 0.276. The van der Waals surface area contributed by atoms with Crippen LogP contribution in [0.25, 0.3) is 30.9 Å². The molecule has 8 heteroatoms. The van der Waals surface area contributed by atoms with Crippen LogP contribution in [0.3, 0.4) is 0 Å². The molecule has 4 nitrogen and oxygen atoms in total. The summed E-state index contributed by atoms with van der Waals surface area (Å²) in [5, 5.41) is 6.55. The van der Waals surface area contributed by atoms with Crippen molar-refractivity contribution in [1.29, 1.82) is 0 Å². The van der Waals surface area contributed by atoms with Crippen molar-refractivity contribution < 1.29 is 0 Å². The average molecular weight is 428 g/mol. The molecule has 4 heterocycles. The first-order chi connectivity index (χ1) is 13.2. The second-order valence-electron chi connectivity index (χ2n) is 5.93. The Kier molecular flexibility index (Phi) is 4.35. The van der Waals surface area contributed by atoms with Crippen molar-refractivity contribution in [3.63, 3.8) is 0 Å². The van der Waals surface area contributed by atoms with Crippen molar-refractivity contribution >= 4 is 66.2 Å². The van der Waals surface area contributed by atoms with Crippen molar-refractivity contribution in [2.45, 2.75) is 10.9 Å². The van der Waals surface area contributed by atoms with Crippen LogP contribution in [0.2, 0.25) is 0 Å². The van der Waals surface area contributed by atoms with Crippen molar-refractivity contribution in [2.24, 2.45) is 7.05 Å². The highest BCUT2D eigenvalue weighted by molar-refractivity contribution is 7.98. The molecule has 0 aliphatic carbocycles. The first-order valence-electron chi connectivity index (χ1n) is 8.20. The van der Waals surface area contributed by atoms with Crippen LogP contribution in [0.5, 0.6) is 0 Å². The summed E-state index contributed by atoms with van der Waals surface area (Å²) < 4.78 is 2.84. The maximum atomic E-state index is 13.0. The van der Waals surface area contributed by atoms with Crippen LogP contribution in [-0.2, 0) is 12.8 Å². The molecule has 5 aromatic rings. The number of rotatable bonds is 4. The van der Waals surface area contributed by atoms with Gasteiger partial charge >= 0.3 is 0 Å². The normalized spacial score (nSPS) is 11.6. The molecule has 0 N–H and O–H groups in total. The number of thiophene rings is 2. The second-order valence-corrected chi connectivity index (χ2v) is 9.79. The fourth-order valence-electron chi connectivity index (χ4n) is 2.90. The van der Waals surface area contributed by atoms with Crippen molar-refractivity contribution in [3.8, 4) is 10.4 Å². The Labute approximate surface area is 171 Å². The van der Waals surface area contributed by atoms with Gasteiger partial charge in [0.25, 0.3) is 5.56 Å². The lowest BCUT2D eigenvalue weighted by Gasteiger charge is -2.06. The lowest BCUT2D eigenvalue weighted by Crippen LogP contribution is -2.19. The van der Waals surface area contributed by atoms with Gasteiger partial charge < -0.3 is 0 Å². The standard InChI is InChI=1S/C19H13N3OS4/c1-22-18(23)16-11(13-7-4-8-24-13)9-25-17(16)21-19(22)26-10-15-20-12-5-2-3-6-14(12)27-15/h2-9H,10H2,1H3. The number of benzene rings is 1. The van der Waals surface area contributed by atoms with E-state index < -0.39 is 0 Å². The lowest BCUT2D eigenvalue weighted by molar-refractivity contribution is 0.728. The molecule has 0 spiro atoms. The maximum Gasteiger partial charge on any atom is 0.263 e. The number of thiazole rings is 1. The third-order valence-electron chi connectivity index (χ3n) is 4.22. The lowest BCUT2D eigenvalue weighted by atomic mass is 10.2. The van der Waals surface area contributed by atoms with Gasteiger partial charge in [-0.1, -0.05) is 30.0 Å². The second kappa shape index (κ2) is 6.87. The van der Waals surface area contributed by atoms with Crippen molar-refractivity contribution in [3.05, 3.63) is 62.5 Å². The van der Waals surface area contributed by atoms with Gasteiger partial charge in [-0.15, -0.1) is 34.0 Å². The minimum Gasteiger partial charge on any atom is -0.290 e. The zero-order valence-corrected chi connectivity index (χ0v) is 17.5. The number of hydrogen-bond donors (Lipinski definition) is 0. The summed E-state index contributed by atoms with van der Waals surface area (Å²) in [4.78, 5) is 24.3. The smallest absolute Gasteiger partial charge is 0.263 e. The molecule has 0 aliphatic heterocycles. The molecule has 0 fully saturated rings. The Morgan fingerprint density at radius 1 is 1.11 bits per heavy atom. The molecular weight excluding hydrogens is 414 g/mol. The van der Waals surface area contributed by atoms with E-state index in [0.29, 0.717) is 11.1 Å². The monoisotopic (exact) mass is 427 g/mol.